The Kier molecular flexibility index (Phi) is 5.05. The summed E-state index contributed by atoms with van der Waals surface area (Å²) in [4.78, 5) is 16.8. The fourth-order valence-electron chi connectivity index (χ4n) is 4.10. The molecule has 3 aliphatic rings. The van der Waals surface area contributed by atoms with Gasteiger partial charge < -0.3 is 14.4 Å². The highest BCUT2D eigenvalue weighted by Gasteiger charge is 2.42. The van der Waals surface area contributed by atoms with E-state index in [1.54, 1.807) is 0 Å². The van der Waals surface area contributed by atoms with Crippen molar-refractivity contribution in [2.24, 2.45) is 5.92 Å². The average molecular weight is 310 g/mol. The van der Waals surface area contributed by atoms with E-state index >= 15 is 0 Å². The predicted molar refractivity (Wildman–Crippen MR) is 84.7 cm³/mol. The molecule has 3 fully saturated rings. The molecule has 0 bridgehead atoms. The Morgan fingerprint density at radius 3 is 2.41 bits per heavy atom. The van der Waals surface area contributed by atoms with Crippen LogP contribution in [0.15, 0.2) is 0 Å². The van der Waals surface area contributed by atoms with Crippen LogP contribution in [-0.2, 0) is 14.3 Å². The number of carbonyl (C=O) groups excluding carboxylic acids is 1. The molecule has 3 rings (SSSR count). The number of amides is 1. The van der Waals surface area contributed by atoms with E-state index < -0.39 is 0 Å². The lowest BCUT2D eigenvalue weighted by Gasteiger charge is -2.49. The van der Waals surface area contributed by atoms with E-state index in [2.05, 4.69) is 4.90 Å². The Hall–Kier alpha value is -0.650. The van der Waals surface area contributed by atoms with E-state index in [1.165, 1.54) is 0 Å². The minimum Gasteiger partial charge on any atom is -0.379 e. The van der Waals surface area contributed by atoms with Crippen LogP contribution in [0.5, 0.6) is 0 Å². The second-order valence-corrected chi connectivity index (χ2v) is 7.31. The Labute approximate surface area is 133 Å². The summed E-state index contributed by atoms with van der Waals surface area (Å²) in [5.74, 6) is 0.387. The summed E-state index contributed by atoms with van der Waals surface area (Å²) < 4.78 is 11.7. The summed E-state index contributed by atoms with van der Waals surface area (Å²) >= 11 is 0. The first-order valence-electron chi connectivity index (χ1n) is 8.84. The molecule has 0 aromatic rings. The molecule has 22 heavy (non-hydrogen) atoms. The molecule has 3 aliphatic heterocycles. The van der Waals surface area contributed by atoms with Gasteiger partial charge in [0.2, 0.25) is 5.91 Å². The number of hydrogen-bond acceptors (Lipinski definition) is 4. The van der Waals surface area contributed by atoms with Gasteiger partial charge in [-0.15, -0.1) is 0 Å². The topological polar surface area (TPSA) is 42.0 Å². The number of likely N-dealkylation sites (tertiary alicyclic amines) is 1. The van der Waals surface area contributed by atoms with Gasteiger partial charge in [0.1, 0.15) is 0 Å². The van der Waals surface area contributed by atoms with Gasteiger partial charge in [-0.3, -0.25) is 9.69 Å². The summed E-state index contributed by atoms with van der Waals surface area (Å²) in [6, 6.07) is 0.630. The van der Waals surface area contributed by atoms with Crippen LogP contribution in [0.1, 0.15) is 39.5 Å². The summed E-state index contributed by atoms with van der Waals surface area (Å²) in [5.41, 5.74) is 0.00891. The van der Waals surface area contributed by atoms with Gasteiger partial charge in [-0.25, -0.2) is 0 Å². The van der Waals surface area contributed by atoms with Crippen molar-refractivity contribution in [3.05, 3.63) is 0 Å². The fraction of sp³-hybridized carbons (Fsp3) is 0.941. The lowest BCUT2D eigenvalue weighted by molar-refractivity contribution is -0.153. The fourth-order valence-corrected chi connectivity index (χ4v) is 4.10. The molecule has 3 saturated heterocycles. The molecule has 0 N–H and O–H groups in total. The van der Waals surface area contributed by atoms with Crippen molar-refractivity contribution in [3.8, 4) is 0 Å². The standard InChI is InChI=1S/C17H30N2O3/c1-14(2)16(20)19-6-4-17(5-7-19)13-15(3-10-22-17)18-8-11-21-12-9-18/h14-15H,3-13H2,1-2H3. The van der Waals surface area contributed by atoms with Gasteiger partial charge in [-0.1, -0.05) is 13.8 Å². The van der Waals surface area contributed by atoms with Crippen molar-refractivity contribution in [3.63, 3.8) is 0 Å². The van der Waals surface area contributed by atoms with Crippen LogP contribution in [0.4, 0.5) is 0 Å². The minimum atomic E-state index is 0.00891. The van der Waals surface area contributed by atoms with Crippen molar-refractivity contribution < 1.29 is 14.3 Å². The molecule has 126 valence electrons. The average Bonchev–Trinajstić information content (AvgIpc) is 2.56. The van der Waals surface area contributed by atoms with Crippen molar-refractivity contribution in [2.45, 2.75) is 51.2 Å². The number of piperidine rings is 1. The first-order valence-corrected chi connectivity index (χ1v) is 8.84. The third-order valence-electron chi connectivity index (χ3n) is 5.51. The maximum atomic E-state index is 12.1. The zero-order valence-corrected chi connectivity index (χ0v) is 14.1. The molecule has 1 spiro atoms. The van der Waals surface area contributed by atoms with Crippen LogP contribution in [0.2, 0.25) is 0 Å². The van der Waals surface area contributed by atoms with Gasteiger partial charge in [0.15, 0.2) is 0 Å². The molecule has 0 aromatic heterocycles. The van der Waals surface area contributed by atoms with Crippen LogP contribution >= 0.6 is 0 Å². The van der Waals surface area contributed by atoms with Gasteiger partial charge in [0.05, 0.1) is 18.8 Å². The normalized spacial score (nSPS) is 30.0. The van der Waals surface area contributed by atoms with E-state index in [9.17, 15) is 4.79 Å². The van der Waals surface area contributed by atoms with Crippen LogP contribution in [-0.4, -0.2) is 73.3 Å². The van der Waals surface area contributed by atoms with E-state index in [-0.39, 0.29) is 17.4 Å². The predicted octanol–water partition coefficient (Wildman–Crippen LogP) is 1.51. The number of nitrogens with zero attached hydrogens (tertiary/aromatic N) is 2. The zero-order chi connectivity index (χ0) is 15.6. The Bertz CT molecular complexity index is 385. The minimum absolute atomic E-state index is 0.00891. The summed E-state index contributed by atoms with van der Waals surface area (Å²) in [7, 11) is 0. The molecule has 1 amide bonds. The molecule has 1 atom stereocenters. The number of carbonyl (C=O) groups is 1. The summed E-state index contributed by atoms with van der Waals surface area (Å²) in [5, 5.41) is 0. The lowest BCUT2D eigenvalue weighted by Crippen LogP contribution is -2.56. The third kappa shape index (κ3) is 3.47. The Morgan fingerprint density at radius 1 is 1.09 bits per heavy atom. The van der Waals surface area contributed by atoms with Crippen LogP contribution in [0.3, 0.4) is 0 Å². The highest BCUT2D eigenvalue weighted by molar-refractivity contribution is 5.78. The highest BCUT2D eigenvalue weighted by atomic mass is 16.5. The SMILES string of the molecule is CC(C)C(=O)N1CCC2(CC1)CC(N1CCOCC1)CCO2. The zero-order valence-electron chi connectivity index (χ0n) is 14.1. The third-order valence-corrected chi connectivity index (χ3v) is 5.51. The molecule has 3 heterocycles. The van der Waals surface area contributed by atoms with E-state index in [0.29, 0.717) is 6.04 Å². The second-order valence-electron chi connectivity index (χ2n) is 7.31. The lowest BCUT2D eigenvalue weighted by atomic mass is 9.81. The monoisotopic (exact) mass is 310 g/mol. The number of morpholine rings is 1. The Morgan fingerprint density at radius 2 is 1.77 bits per heavy atom. The molecule has 0 aliphatic carbocycles. The van der Waals surface area contributed by atoms with Crippen LogP contribution < -0.4 is 0 Å². The molecule has 5 nitrogen and oxygen atoms in total. The van der Waals surface area contributed by atoms with Crippen molar-refractivity contribution in [1.82, 2.24) is 9.80 Å². The van der Waals surface area contributed by atoms with Crippen molar-refractivity contribution in [2.75, 3.05) is 46.0 Å². The molecular weight excluding hydrogens is 280 g/mol. The van der Waals surface area contributed by atoms with Crippen molar-refractivity contribution in [1.29, 1.82) is 0 Å². The number of ether oxygens (including phenoxy) is 2. The van der Waals surface area contributed by atoms with Gasteiger partial charge in [0, 0.05) is 44.7 Å². The molecule has 0 saturated carbocycles. The van der Waals surface area contributed by atoms with Crippen LogP contribution in [0, 0.1) is 5.92 Å². The van der Waals surface area contributed by atoms with Crippen LogP contribution in [0.25, 0.3) is 0 Å². The molecule has 0 aromatic carbocycles. The number of rotatable bonds is 2. The maximum absolute atomic E-state index is 12.1. The van der Waals surface area contributed by atoms with E-state index in [4.69, 9.17) is 9.47 Å². The molecular formula is C17H30N2O3. The van der Waals surface area contributed by atoms with Gasteiger partial charge in [0.25, 0.3) is 0 Å². The van der Waals surface area contributed by atoms with Gasteiger partial charge in [-0.05, 0) is 25.7 Å². The largest absolute Gasteiger partial charge is 0.379 e. The summed E-state index contributed by atoms with van der Waals surface area (Å²) in [6.45, 7) is 10.4. The first-order chi connectivity index (χ1) is 10.6. The van der Waals surface area contributed by atoms with Gasteiger partial charge >= 0.3 is 0 Å². The molecule has 0 radical (unpaired) electrons. The first kappa shape index (κ1) is 16.2. The van der Waals surface area contributed by atoms with Gasteiger partial charge in [-0.2, -0.15) is 0 Å². The molecule has 5 heteroatoms. The van der Waals surface area contributed by atoms with Crippen molar-refractivity contribution >= 4 is 5.91 Å². The molecule has 1 unspecified atom stereocenters. The quantitative estimate of drug-likeness (QED) is 0.775. The highest BCUT2D eigenvalue weighted by Crippen LogP contribution is 2.37. The maximum Gasteiger partial charge on any atom is 0.225 e. The second kappa shape index (κ2) is 6.85. The Balaban J connectivity index is 1.56. The smallest absolute Gasteiger partial charge is 0.225 e. The number of hydrogen-bond donors (Lipinski definition) is 0. The van der Waals surface area contributed by atoms with E-state index in [1.807, 2.05) is 18.7 Å². The van der Waals surface area contributed by atoms with E-state index in [0.717, 1.165) is 71.7 Å². The summed E-state index contributed by atoms with van der Waals surface area (Å²) in [6.07, 6.45) is 4.24.